The van der Waals surface area contributed by atoms with Gasteiger partial charge in [-0.05, 0) is 57.8 Å². The van der Waals surface area contributed by atoms with Crippen molar-refractivity contribution >= 4 is 5.91 Å². The van der Waals surface area contributed by atoms with Crippen LogP contribution in [0.15, 0.2) is 48.6 Å². The first-order valence-electron chi connectivity index (χ1n) is 36.9. The number of amides is 1. The molecule has 0 spiro atoms. The van der Waals surface area contributed by atoms with Crippen LogP contribution in [-0.2, 0) is 14.3 Å². The molecule has 7 unspecified atom stereocenters. The van der Waals surface area contributed by atoms with E-state index in [0.717, 1.165) is 51.4 Å². The van der Waals surface area contributed by atoms with Gasteiger partial charge in [0.25, 0.3) is 0 Å². The molecule has 84 heavy (non-hydrogen) atoms. The Hall–Kier alpha value is -1.85. The Morgan fingerprint density at radius 3 is 1.04 bits per heavy atom. The zero-order chi connectivity index (χ0) is 60.7. The molecule has 0 aromatic carbocycles. The zero-order valence-electron chi connectivity index (χ0n) is 55.4. The molecule has 494 valence electrons. The van der Waals surface area contributed by atoms with Crippen LogP contribution in [0.25, 0.3) is 0 Å². The third kappa shape index (κ3) is 52.1. The second-order valence-corrected chi connectivity index (χ2v) is 25.7. The topological polar surface area (TPSA) is 149 Å². The van der Waals surface area contributed by atoms with Gasteiger partial charge in [-0.25, -0.2) is 0 Å². The third-order valence-electron chi connectivity index (χ3n) is 17.6. The van der Waals surface area contributed by atoms with Crippen molar-refractivity contribution in [2.75, 3.05) is 13.2 Å². The number of aliphatic hydroxyl groups excluding tert-OH is 5. The van der Waals surface area contributed by atoms with Gasteiger partial charge in [-0.15, -0.1) is 0 Å². The van der Waals surface area contributed by atoms with Crippen molar-refractivity contribution in [3.8, 4) is 0 Å². The molecule has 1 heterocycles. The first-order valence-corrected chi connectivity index (χ1v) is 36.9. The van der Waals surface area contributed by atoms with Gasteiger partial charge in [-0.3, -0.25) is 4.79 Å². The van der Waals surface area contributed by atoms with Crippen LogP contribution in [0, 0.1) is 0 Å². The van der Waals surface area contributed by atoms with Crippen molar-refractivity contribution in [2.45, 2.75) is 410 Å². The van der Waals surface area contributed by atoms with Gasteiger partial charge in [0.05, 0.1) is 25.4 Å². The minimum Gasteiger partial charge on any atom is -0.394 e. The number of allylic oxidation sites excluding steroid dienone is 7. The molecule has 1 aliphatic rings. The Bertz CT molecular complexity index is 1470. The van der Waals surface area contributed by atoms with E-state index in [4.69, 9.17) is 9.47 Å². The summed E-state index contributed by atoms with van der Waals surface area (Å²) in [6, 6.07) is -0.808. The largest absolute Gasteiger partial charge is 0.394 e. The van der Waals surface area contributed by atoms with Crippen LogP contribution in [0.5, 0.6) is 0 Å². The van der Waals surface area contributed by atoms with Crippen molar-refractivity contribution in [3.05, 3.63) is 48.6 Å². The lowest BCUT2D eigenvalue weighted by Gasteiger charge is -2.40. The average Bonchev–Trinajstić information content (AvgIpc) is 3.69. The van der Waals surface area contributed by atoms with Gasteiger partial charge in [0.15, 0.2) is 6.29 Å². The van der Waals surface area contributed by atoms with E-state index < -0.39 is 49.5 Å². The van der Waals surface area contributed by atoms with E-state index in [0.29, 0.717) is 6.42 Å². The highest BCUT2D eigenvalue weighted by Gasteiger charge is 2.44. The summed E-state index contributed by atoms with van der Waals surface area (Å²) in [6.07, 6.45) is 80.8. The standard InChI is InChI=1S/C75H141NO8/c1-3-5-7-9-11-13-15-17-19-21-23-25-27-29-31-33-34-35-37-38-40-42-44-46-48-50-52-54-56-58-60-62-64-69(78)68(67-83-75-74(82)73(81)72(80)70(66-77)84-75)76-71(79)65-63-61-59-57-55-53-51-49-47-45-43-41-39-36-32-30-28-26-24-22-20-18-16-14-12-10-8-6-4-2/h16,18,22,24,28,30,62,64,68-70,72-75,77-78,80-82H,3-15,17,19-21,23,25-27,29,31-61,63,65-67H2,1-2H3,(H,76,79)/b18-16-,24-22-,30-28-,64-62+. The lowest BCUT2D eigenvalue weighted by Crippen LogP contribution is -2.60. The highest BCUT2D eigenvalue weighted by Crippen LogP contribution is 2.24. The van der Waals surface area contributed by atoms with E-state index in [9.17, 15) is 30.3 Å². The Morgan fingerprint density at radius 2 is 0.702 bits per heavy atom. The fourth-order valence-corrected chi connectivity index (χ4v) is 11.9. The van der Waals surface area contributed by atoms with Crippen molar-refractivity contribution < 1.29 is 39.8 Å². The second-order valence-electron chi connectivity index (χ2n) is 25.7. The molecule has 1 aliphatic heterocycles. The van der Waals surface area contributed by atoms with Crippen LogP contribution in [-0.4, -0.2) is 87.5 Å². The summed E-state index contributed by atoms with van der Waals surface area (Å²) >= 11 is 0. The van der Waals surface area contributed by atoms with Gasteiger partial charge < -0.3 is 40.3 Å². The number of aliphatic hydroxyl groups is 5. The molecular weight excluding hydrogens is 1040 g/mol. The maximum absolute atomic E-state index is 13.1. The molecule has 0 aliphatic carbocycles. The van der Waals surface area contributed by atoms with E-state index in [-0.39, 0.29) is 12.5 Å². The predicted molar refractivity (Wildman–Crippen MR) is 359 cm³/mol. The van der Waals surface area contributed by atoms with Crippen molar-refractivity contribution in [1.29, 1.82) is 0 Å². The van der Waals surface area contributed by atoms with E-state index in [1.165, 1.54) is 295 Å². The quantitative estimate of drug-likeness (QED) is 0.0261. The highest BCUT2D eigenvalue weighted by molar-refractivity contribution is 5.76. The SMILES string of the molecule is CCCCCCC/C=C\C/C=C\C/C=C\CCCCCCCCCCCCCCCCC(=O)NC(COC1OC(CO)C(O)C(O)C1O)C(O)/C=C/CCCCCCCCCCCCCCCCCCCCCCCCCCCCCCCC. The van der Waals surface area contributed by atoms with Crippen LogP contribution in [0.4, 0.5) is 0 Å². The number of carbonyl (C=O) groups excluding carboxylic acids is 1. The van der Waals surface area contributed by atoms with E-state index >= 15 is 0 Å². The predicted octanol–water partition coefficient (Wildman–Crippen LogP) is 20.4. The van der Waals surface area contributed by atoms with E-state index in [1.807, 2.05) is 6.08 Å². The second kappa shape index (κ2) is 64.1. The van der Waals surface area contributed by atoms with Gasteiger partial charge in [-0.2, -0.15) is 0 Å². The molecule has 9 heteroatoms. The van der Waals surface area contributed by atoms with Crippen LogP contribution in [0.1, 0.15) is 367 Å². The Labute approximate surface area is 520 Å². The summed E-state index contributed by atoms with van der Waals surface area (Å²) in [6.45, 7) is 3.82. The maximum Gasteiger partial charge on any atom is 0.220 e. The van der Waals surface area contributed by atoms with Crippen LogP contribution < -0.4 is 5.32 Å². The number of unbranched alkanes of at least 4 members (excludes halogenated alkanes) is 49. The molecule has 0 aromatic rings. The summed E-state index contributed by atoms with van der Waals surface area (Å²) in [4.78, 5) is 13.1. The number of ether oxygens (including phenoxy) is 2. The summed E-state index contributed by atoms with van der Waals surface area (Å²) in [5.74, 6) is -0.173. The summed E-state index contributed by atoms with van der Waals surface area (Å²) in [5.41, 5.74) is 0. The van der Waals surface area contributed by atoms with E-state index in [1.54, 1.807) is 6.08 Å². The number of carbonyl (C=O) groups is 1. The molecule has 9 nitrogen and oxygen atoms in total. The molecular formula is C75H141NO8. The smallest absolute Gasteiger partial charge is 0.220 e. The summed E-state index contributed by atoms with van der Waals surface area (Å²) in [5, 5.41) is 54.8. The number of rotatable bonds is 65. The van der Waals surface area contributed by atoms with Crippen molar-refractivity contribution in [1.82, 2.24) is 5.32 Å². The molecule has 0 bridgehead atoms. The fraction of sp³-hybridized carbons (Fsp3) is 0.880. The van der Waals surface area contributed by atoms with Crippen molar-refractivity contribution in [2.24, 2.45) is 0 Å². The molecule has 0 saturated carbocycles. The van der Waals surface area contributed by atoms with Gasteiger partial charge in [0.1, 0.15) is 24.4 Å². The average molecular weight is 1180 g/mol. The van der Waals surface area contributed by atoms with Gasteiger partial charge in [0, 0.05) is 6.42 Å². The first-order chi connectivity index (χ1) is 41.3. The molecule has 1 rings (SSSR count). The number of hydrogen-bond acceptors (Lipinski definition) is 8. The molecule has 1 amide bonds. The Morgan fingerprint density at radius 1 is 0.405 bits per heavy atom. The minimum atomic E-state index is -1.57. The van der Waals surface area contributed by atoms with E-state index in [2.05, 4.69) is 55.6 Å². The molecule has 0 radical (unpaired) electrons. The molecule has 0 aromatic heterocycles. The van der Waals surface area contributed by atoms with Gasteiger partial charge in [-0.1, -0.05) is 351 Å². The normalized spacial score (nSPS) is 18.4. The lowest BCUT2D eigenvalue weighted by molar-refractivity contribution is -0.302. The molecule has 1 fully saturated rings. The Kier molecular flexibility index (Phi) is 61.2. The monoisotopic (exact) mass is 1180 g/mol. The first kappa shape index (κ1) is 80.2. The maximum atomic E-state index is 13.1. The summed E-state index contributed by atoms with van der Waals surface area (Å²) < 4.78 is 11.3. The van der Waals surface area contributed by atoms with Gasteiger partial charge >= 0.3 is 0 Å². The zero-order valence-corrected chi connectivity index (χ0v) is 55.4. The Balaban J connectivity index is 2.11. The fourth-order valence-electron chi connectivity index (χ4n) is 11.9. The van der Waals surface area contributed by atoms with Crippen LogP contribution in [0.2, 0.25) is 0 Å². The third-order valence-corrected chi connectivity index (χ3v) is 17.6. The highest BCUT2D eigenvalue weighted by atomic mass is 16.7. The lowest BCUT2D eigenvalue weighted by atomic mass is 9.99. The number of nitrogens with one attached hydrogen (secondary N) is 1. The van der Waals surface area contributed by atoms with Crippen LogP contribution >= 0.6 is 0 Å². The van der Waals surface area contributed by atoms with Crippen LogP contribution in [0.3, 0.4) is 0 Å². The van der Waals surface area contributed by atoms with Gasteiger partial charge in [0.2, 0.25) is 5.91 Å². The van der Waals surface area contributed by atoms with Crippen molar-refractivity contribution in [3.63, 3.8) is 0 Å². The molecule has 7 atom stereocenters. The summed E-state index contributed by atoms with van der Waals surface area (Å²) in [7, 11) is 0. The number of hydrogen-bond donors (Lipinski definition) is 6. The molecule has 1 saturated heterocycles. The molecule has 6 N–H and O–H groups in total. The minimum absolute atomic E-state index is 0.173.